The first-order chi connectivity index (χ1) is 28.3. The SMILES string of the molecule is C1=Cc2c(c3ccccc3n2-c2ccc(-c3ccc(-n4c5ccccc5c5c6c(ccc54)C(c4ccncc4)(c4ccncc4)c4ccccc4-6)cc3)cc2)CC1. The van der Waals surface area contributed by atoms with Gasteiger partial charge >= 0.3 is 0 Å². The van der Waals surface area contributed by atoms with Gasteiger partial charge in [0.15, 0.2) is 0 Å². The van der Waals surface area contributed by atoms with Gasteiger partial charge in [0.1, 0.15) is 0 Å². The van der Waals surface area contributed by atoms with E-state index in [-0.39, 0.29) is 0 Å². The first-order valence-corrected chi connectivity index (χ1v) is 19.8. The van der Waals surface area contributed by atoms with Gasteiger partial charge in [-0.05, 0) is 136 Å². The third-order valence-electron chi connectivity index (χ3n) is 12.5. The summed E-state index contributed by atoms with van der Waals surface area (Å²) in [7, 11) is 0. The van der Waals surface area contributed by atoms with Crippen LogP contribution in [0.4, 0.5) is 0 Å². The minimum absolute atomic E-state index is 0.517. The smallest absolute Gasteiger partial charge is 0.0715 e. The van der Waals surface area contributed by atoms with Crippen LogP contribution in [-0.2, 0) is 11.8 Å². The number of nitrogens with zero attached hydrogens (tertiary/aromatic N) is 4. The van der Waals surface area contributed by atoms with E-state index >= 15 is 0 Å². The lowest BCUT2D eigenvalue weighted by Gasteiger charge is -2.33. The highest BCUT2D eigenvalue weighted by Gasteiger charge is 2.47. The minimum atomic E-state index is -0.517. The molecule has 12 rings (SSSR count). The Morgan fingerprint density at radius 1 is 0.474 bits per heavy atom. The zero-order chi connectivity index (χ0) is 37.5. The average molecular weight is 729 g/mol. The van der Waals surface area contributed by atoms with Crippen LogP contribution in [-0.4, -0.2) is 19.1 Å². The number of para-hydroxylation sites is 2. The number of aromatic nitrogens is 4. The normalized spacial score (nSPS) is 13.9. The van der Waals surface area contributed by atoms with Crippen LogP contribution >= 0.6 is 0 Å². The standard InChI is InChI=1S/C53H36N4/c1-5-13-45-43(11-1)51-46(53(45,37-27-31-54-32-28-37)38-29-33-55-34-30-38)25-26-50-52(51)44-12-4-8-16-49(44)57(50)40-23-19-36(20-24-40)35-17-21-39(22-18-35)56-47-14-6-2-9-41(47)42-10-3-7-15-48(42)56/h1-2,4-9,11-34H,3,10H2. The summed E-state index contributed by atoms with van der Waals surface area (Å²) in [6, 6.07) is 58.1. The van der Waals surface area contributed by atoms with Crippen molar-refractivity contribution in [2.24, 2.45) is 0 Å². The molecule has 10 aromatic rings. The van der Waals surface area contributed by atoms with Crippen LogP contribution in [0.5, 0.6) is 0 Å². The highest BCUT2D eigenvalue weighted by atomic mass is 15.0. The molecule has 0 fully saturated rings. The van der Waals surface area contributed by atoms with E-state index in [0.717, 1.165) is 18.5 Å². The molecule has 4 heteroatoms. The number of hydrogen-bond donors (Lipinski definition) is 0. The number of pyridine rings is 2. The predicted octanol–water partition coefficient (Wildman–Crippen LogP) is 12.5. The molecule has 0 N–H and O–H groups in total. The average Bonchev–Trinajstić information content (AvgIpc) is 3.92. The number of aryl methyl sites for hydroxylation is 1. The van der Waals surface area contributed by atoms with E-state index in [1.165, 1.54) is 94.2 Å². The summed E-state index contributed by atoms with van der Waals surface area (Å²) in [4.78, 5) is 8.85. The van der Waals surface area contributed by atoms with E-state index in [2.05, 4.69) is 189 Å². The van der Waals surface area contributed by atoms with Crippen LogP contribution < -0.4 is 0 Å². The van der Waals surface area contributed by atoms with E-state index in [9.17, 15) is 0 Å². The van der Waals surface area contributed by atoms with Gasteiger partial charge in [0.05, 0.1) is 22.0 Å². The third kappa shape index (κ3) is 4.50. The van der Waals surface area contributed by atoms with Crippen LogP contribution in [0.25, 0.3) is 72.4 Å². The van der Waals surface area contributed by atoms with Crippen LogP contribution in [0.2, 0.25) is 0 Å². The van der Waals surface area contributed by atoms with Crippen molar-refractivity contribution in [3.63, 3.8) is 0 Å². The summed E-state index contributed by atoms with van der Waals surface area (Å²) in [5, 5.41) is 3.88. The maximum atomic E-state index is 4.43. The van der Waals surface area contributed by atoms with E-state index < -0.39 is 5.41 Å². The van der Waals surface area contributed by atoms with Gasteiger partial charge in [0, 0.05) is 58.0 Å². The molecule has 2 aliphatic rings. The minimum Gasteiger partial charge on any atom is -0.310 e. The second kappa shape index (κ2) is 12.4. The fraction of sp³-hybridized carbons (Fsp3) is 0.0566. The highest BCUT2D eigenvalue weighted by Crippen LogP contribution is 2.58. The lowest BCUT2D eigenvalue weighted by atomic mass is 9.68. The number of rotatable bonds is 5. The molecule has 0 spiro atoms. The molecular weight excluding hydrogens is 693 g/mol. The molecule has 4 aromatic heterocycles. The second-order valence-corrected chi connectivity index (χ2v) is 15.3. The molecule has 0 amide bonds. The Bertz CT molecular complexity index is 3170. The number of hydrogen-bond acceptors (Lipinski definition) is 2. The van der Waals surface area contributed by atoms with Crippen molar-refractivity contribution in [1.29, 1.82) is 0 Å². The Hall–Kier alpha value is -7.30. The molecule has 0 unspecified atom stereocenters. The molecule has 57 heavy (non-hydrogen) atoms. The van der Waals surface area contributed by atoms with E-state index in [0.29, 0.717) is 0 Å². The third-order valence-corrected chi connectivity index (χ3v) is 12.5. The monoisotopic (exact) mass is 728 g/mol. The lowest BCUT2D eigenvalue weighted by Crippen LogP contribution is -2.28. The Morgan fingerprint density at radius 3 is 1.74 bits per heavy atom. The molecule has 4 nitrogen and oxygen atoms in total. The van der Waals surface area contributed by atoms with Gasteiger partial charge in [0.2, 0.25) is 0 Å². The molecule has 0 radical (unpaired) electrons. The van der Waals surface area contributed by atoms with Crippen molar-refractivity contribution in [2.75, 3.05) is 0 Å². The Balaban J connectivity index is 1.000. The molecule has 0 saturated heterocycles. The quantitative estimate of drug-likeness (QED) is 0.177. The van der Waals surface area contributed by atoms with E-state index in [1.807, 2.05) is 24.8 Å². The maximum absolute atomic E-state index is 4.43. The van der Waals surface area contributed by atoms with Crippen LogP contribution in [0.3, 0.4) is 0 Å². The van der Waals surface area contributed by atoms with Gasteiger partial charge in [-0.25, -0.2) is 0 Å². The highest BCUT2D eigenvalue weighted by molar-refractivity contribution is 6.18. The van der Waals surface area contributed by atoms with Crippen molar-refractivity contribution >= 4 is 38.8 Å². The van der Waals surface area contributed by atoms with Gasteiger partial charge in [-0.15, -0.1) is 0 Å². The molecule has 0 bridgehead atoms. The van der Waals surface area contributed by atoms with Crippen LogP contribution in [0, 0.1) is 0 Å². The van der Waals surface area contributed by atoms with Crippen molar-refractivity contribution < 1.29 is 0 Å². The van der Waals surface area contributed by atoms with Gasteiger partial charge in [-0.1, -0.05) is 97.1 Å². The van der Waals surface area contributed by atoms with Crippen LogP contribution in [0.15, 0.2) is 189 Å². The molecular formula is C53H36N4. The Kier molecular flexibility index (Phi) is 6.93. The van der Waals surface area contributed by atoms with Crippen molar-refractivity contribution in [3.8, 4) is 33.6 Å². The van der Waals surface area contributed by atoms with E-state index in [4.69, 9.17) is 0 Å². The summed E-state index contributed by atoms with van der Waals surface area (Å²) in [6.45, 7) is 0. The Morgan fingerprint density at radius 2 is 1.05 bits per heavy atom. The summed E-state index contributed by atoms with van der Waals surface area (Å²) < 4.78 is 4.86. The topological polar surface area (TPSA) is 35.6 Å². The number of allylic oxidation sites excluding steroid dienone is 1. The van der Waals surface area contributed by atoms with Crippen molar-refractivity contribution in [1.82, 2.24) is 19.1 Å². The first-order valence-electron chi connectivity index (χ1n) is 19.8. The molecule has 0 saturated carbocycles. The molecule has 2 aliphatic carbocycles. The summed E-state index contributed by atoms with van der Waals surface area (Å²) in [5.41, 5.74) is 18.1. The predicted molar refractivity (Wildman–Crippen MR) is 233 cm³/mol. The van der Waals surface area contributed by atoms with Gasteiger partial charge in [-0.3, -0.25) is 9.97 Å². The second-order valence-electron chi connectivity index (χ2n) is 15.3. The summed E-state index contributed by atoms with van der Waals surface area (Å²) in [6.07, 6.45) is 14.4. The zero-order valence-electron chi connectivity index (χ0n) is 31.2. The Labute approximate surface area is 330 Å². The molecule has 268 valence electrons. The number of fused-ring (bicyclic) bond motifs is 10. The van der Waals surface area contributed by atoms with Crippen LogP contribution in [0.1, 0.15) is 39.9 Å². The van der Waals surface area contributed by atoms with Gasteiger partial charge in [0.25, 0.3) is 0 Å². The number of benzene rings is 6. The fourth-order valence-electron chi connectivity index (χ4n) is 10.2. The molecule has 6 aromatic carbocycles. The van der Waals surface area contributed by atoms with Crippen molar-refractivity contribution in [2.45, 2.75) is 18.3 Å². The van der Waals surface area contributed by atoms with Gasteiger partial charge < -0.3 is 9.13 Å². The summed E-state index contributed by atoms with van der Waals surface area (Å²) >= 11 is 0. The fourth-order valence-corrected chi connectivity index (χ4v) is 10.2. The lowest BCUT2D eigenvalue weighted by molar-refractivity contribution is 0.764. The molecule has 0 atom stereocenters. The zero-order valence-corrected chi connectivity index (χ0v) is 31.2. The van der Waals surface area contributed by atoms with E-state index in [1.54, 1.807) is 0 Å². The van der Waals surface area contributed by atoms with Gasteiger partial charge in [-0.2, -0.15) is 0 Å². The molecule has 4 heterocycles. The summed E-state index contributed by atoms with van der Waals surface area (Å²) in [5.74, 6) is 0. The van der Waals surface area contributed by atoms with Crippen molar-refractivity contribution in [3.05, 3.63) is 222 Å². The largest absolute Gasteiger partial charge is 0.310 e. The first kappa shape index (κ1) is 32.0. The maximum Gasteiger partial charge on any atom is 0.0715 e. The molecule has 0 aliphatic heterocycles.